The first-order chi connectivity index (χ1) is 8.74. The van der Waals surface area contributed by atoms with Crippen LogP contribution in [0, 0.1) is 0 Å². The standard InChI is InChI=1S/C15H17NOS/c1-10(2)14-8-16-15(18-14)12-7-11-5-3-4-6-13(11)17-9-12/h3-6,8,10,12H,7,9H2,1-2H3. The molecule has 0 amide bonds. The highest BCUT2D eigenvalue weighted by Gasteiger charge is 2.23. The van der Waals surface area contributed by atoms with Gasteiger partial charge in [-0.3, -0.25) is 0 Å². The Bertz CT molecular complexity index is 547. The van der Waals surface area contributed by atoms with E-state index in [0.717, 1.165) is 18.8 Å². The largest absolute Gasteiger partial charge is 0.493 e. The van der Waals surface area contributed by atoms with E-state index in [1.165, 1.54) is 15.4 Å². The summed E-state index contributed by atoms with van der Waals surface area (Å²) in [5.74, 6) is 2.01. The van der Waals surface area contributed by atoms with Crippen LogP contribution in [0.1, 0.15) is 41.1 Å². The third-order valence-electron chi connectivity index (χ3n) is 3.34. The number of aromatic nitrogens is 1. The number of ether oxygens (including phenoxy) is 1. The Labute approximate surface area is 112 Å². The summed E-state index contributed by atoms with van der Waals surface area (Å²) in [5.41, 5.74) is 1.30. The molecule has 0 spiro atoms. The van der Waals surface area contributed by atoms with E-state index in [2.05, 4.69) is 31.0 Å². The van der Waals surface area contributed by atoms with Crippen molar-refractivity contribution in [1.29, 1.82) is 0 Å². The zero-order chi connectivity index (χ0) is 12.5. The minimum Gasteiger partial charge on any atom is -0.493 e. The molecule has 0 saturated heterocycles. The van der Waals surface area contributed by atoms with Crippen molar-refractivity contribution in [2.45, 2.75) is 32.1 Å². The fraction of sp³-hybridized carbons (Fsp3) is 0.400. The van der Waals surface area contributed by atoms with Crippen LogP contribution in [0.4, 0.5) is 0 Å². The summed E-state index contributed by atoms with van der Waals surface area (Å²) in [6.07, 6.45) is 3.06. The van der Waals surface area contributed by atoms with E-state index in [4.69, 9.17) is 4.74 Å². The molecule has 1 aromatic carbocycles. The molecule has 2 heterocycles. The summed E-state index contributed by atoms with van der Waals surface area (Å²) in [5, 5.41) is 1.22. The average molecular weight is 259 g/mol. The van der Waals surface area contributed by atoms with Crippen LogP contribution in [-0.4, -0.2) is 11.6 Å². The van der Waals surface area contributed by atoms with Crippen LogP contribution >= 0.6 is 11.3 Å². The van der Waals surface area contributed by atoms with Crippen LogP contribution in [0.25, 0.3) is 0 Å². The van der Waals surface area contributed by atoms with Crippen molar-refractivity contribution >= 4 is 11.3 Å². The number of fused-ring (bicyclic) bond motifs is 1. The predicted molar refractivity (Wildman–Crippen MR) is 74.6 cm³/mol. The zero-order valence-corrected chi connectivity index (χ0v) is 11.5. The van der Waals surface area contributed by atoms with Crippen molar-refractivity contribution in [3.8, 4) is 5.75 Å². The number of hydrogen-bond donors (Lipinski definition) is 0. The fourth-order valence-electron chi connectivity index (χ4n) is 2.24. The van der Waals surface area contributed by atoms with Gasteiger partial charge in [-0.15, -0.1) is 11.3 Å². The first kappa shape index (κ1) is 11.7. The van der Waals surface area contributed by atoms with Crippen LogP contribution < -0.4 is 4.74 Å². The van der Waals surface area contributed by atoms with Gasteiger partial charge in [0.25, 0.3) is 0 Å². The summed E-state index contributed by atoms with van der Waals surface area (Å²) in [6, 6.07) is 8.30. The van der Waals surface area contributed by atoms with Crippen LogP contribution in [0.2, 0.25) is 0 Å². The molecule has 0 radical (unpaired) electrons. The average Bonchev–Trinajstić information content (AvgIpc) is 2.88. The van der Waals surface area contributed by atoms with Gasteiger partial charge in [0, 0.05) is 17.0 Å². The molecule has 3 heteroatoms. The molecule has 0 saturated carbocycles. The molecular weight excluding hydrogens is 242 g/mol. The summed E-state index contributed by atoms with van der Waals surface area (Å²) < 4.78 is 5.83. The number of thiazole rings is 1. The fourth-order valence-corrected chi connectivity index (χ4v) is 3.25. The molecule has 0 aliphatic carbocycles. The molecular formula is C15H17NOS. The van der Waals surface area contributed by atoms with E-state index in [0.29, 0.717) is 11.8 Å². The van der Waals surface area contributed by atoms with Crippen molar-refractivity contribution in [1.82, 2.24) is 4.98 Å². The topological polar surface area (TPSA) is 22.1 Å². The molecule has 1 atom stereocenters. The lowest BCUT2D eigenvalue weighted by molar-refractivity contribution is 0.262. The number of benzene rings is 1. The molecule has 1 aromatic heterocycles. The molecule has 2 nitrogen and oxygen atoms in total. The number of rotatable bonds is 2. The normalized spacial score (nSPS) is 18.5. The van der Waals surface area contributed by atoms with Gasteiger partial charge in [-0.05, 0) is 24.0 Å². The van der Waals surface area contributed by atoms with E-state index < -0.39 is 0 Å². The van der Waals surface area contributed by atoms with Crippen LogP contribution in [0.5, 0.6) is 5.75 Å². The highest BCUT2D eigenvalue weighted by molar-refractivity contribution is 7.11. The number of hydrogen-bond acceptors (Lipinski definition) is 3. The Morgan fingerprint density at radius 1 is 1.33 bits per heavy atom. The minimum atomic E-state index is 0.414. The van der Waals surface area contributed by atoms with Crippen molar-refractivity contribution < 1.29 is 4.74 Å². The Morgan fingerprint density at radius 3 is 2.94 bits per heavy atom. The molecule has 3 rings (SSSR count). The second kappa shape index (κ2) is 4.73. The highest BCUT2D eigenvalue weighted by Crippen LogP contribution is 2.35. The molecule has 0 bridgehead atoms. The maximum absolute atomic E-state index is 5.83. The number of para-hydroxylation sites is 1. The Balaban J connectivity index is 1.83. The SMILES string of the molecule is CC(C)c1cnc(C2COc3ccccc3C2)s1. The lowest BCUT2D eigenvalue weighted by atomic mass is 9.97. The second-order valence-electron chi connectivity index (χ2n) is 5.08. The zero-order valence-electron chi connectivity index (χ0n) is 10.7. The minimum absolute atomic E-state index is 0.414. The first-order valence-corrected chi connectivity index (χ1v) is 7.22. The molecule has 2 aromatic rings. The highest BCUT2D eigenvalue weighted by atomic mass is 32.1. The Morgan fingerprint density at radius 2 is 2.17 bits per heavy atom. The van der Waals surface area contributed by atoms with Gasteiger partial charge in [-0.25, -0.2) is 4.98 Å². The third-order valence-corrected chi connectivity index (χ3v) is 4.80. The summed E-state index contributed by atoms with van der Waals surface area (Å²) in [7, 11) is 0. The lowest BCUT2D eigenvalue weighted by Crippen LogP contribution is -2.18. The van der Waals surface area contributed by atoms with E-state index in [1.54, 1.807) is 0 Å². The number of nitrogens with zero attached hydrogens (tertiary/aromatic N) is 1. The lowest BCUT2D eigenvalue weighted by Gasteiger charge is -2.23. The Hall–Kier alpha value is -1.35. The van der Waals surface area contributed by atoms with Crippen molar-refractivity contribution in [2.24, 2.45) is 0 Å². The summed E-state index contributed by atoms with van der Waals surface area (Å²) in [4.78, 5) is 5.94. The van der Waals surface area contributed by atoms with Gasteiger partial charge in [0.15, 0.2) is 0 Å². The smallest absolute Gasteiger partial charge is 0.122 e. The van der Waals surface area contributed by atoms with Crippen LogP contribution in [-0.2, 0) is 6.42 Å². The monoisotopic (exact) mass is 259 g/mol. The molecule has 0 fully saturated rings. The summed E-state index contributed by atoms with van der Waals surface area (Å²) >= 11 is 1.83. The van der Waals surface area contributed by atoms with Crippen molar-refractivity contribution in [3.63, 3.8) is 0 Å². The van der Waals surface area contributed by atoms with E-state index >= 15 is 0 Å². The van der Waals surface area contributed by atoms with Crippen molar-refractivity contribution in [3.05, 3.63) is 45.9 Å². The van der Waals surface area contributed by atoms with Gasteiger partial charge < -0.3 is 4.74 Å². The van der Waals surface area contributed by atoms with Gasteiger partial charge in [0.2, 0.25) is 0 Å². The Kier molecular flexibility index (Phi) is 3.08. The second-order valence-corrected chi connectivity index (χ2v) is 6.17. The van der Waals surface area contributed by atoms with Gasteiger partial charge >= 0.3 is 0 Å². The maximum Gasteiger partial charge on any atom is 0.122 e. The molecule has 1 unspecified atom stereocenters. The molecule has 0 N–H and O–H groups in total. The summed E-state index contributed by atoms with van der Waals surface area (Å²) in [6.45, 7) is 5.18. The van der Waals surface area contributed by atoms with Gasteiger partial charge in [-0.1, -0.05) is 32.0 Å². The third kappa shape index (κ3) is 2.15. The maximum atomic E-state index is 5.83. The molecule has 1 aliphatic heterocycles. The van der Waals surface area contributed by atoms with Gasteiger partial charge in [0.05, 0.1) is 11.6 Å². The first-order valence-electron chi connectivity index (χ1n) is 6.40. The molecule has 1 aliphatic rings. The molecule has 18 heavy (non-hydrogen) atoms. The van der Waals surface area contributed by atoms with Gasteiger partial charge in [-0.2, -0.15) is 0 Å². The van der Waals surface area contributed by atoms with Gasteiger partial charge in [0.1, 0.15) is 5.75 Å². The van der Waals surface area contributed by atoms with Crippen molar-refractivity contribution in [2.75, 3.05) is 6.61 Å². The van der Waals surface area contributed by atoms with E-state index in [1.807, 2.05) is 29.7 Å². The quantitative estimate of drug-likeness (QED) is 0.813. The van der Waals surface area contributed by atoms with Crippen LogP contribution in [0.3, 0.4) is 0 Å². The van der Waals surface area contributed by atoms with Crippen LogP contribution in [0.15, 0.2) is 30.5 Å². The molecule has 94 valence electrons. The van der Waals surface area contributed by atoms with E-state index in [9.17, 15) is 0 Å². The predicted octanol–water partition coefficient (Wildman–Crippen LogP) is 3.99. The van der Waals surface area contributed by atoms with E-state index in [-0.39, 0.29) is 0 Å².